The van der Waals surface area contributed by atoms with E-state index in [1.54, 1.807) is 6.26 Å². The Kier molecular flexibility index (Phi) is 8.59. The molecule has 0 aliphatic heterocycles. The minimum Gasteiger partial charge on any atom is -0.469 e. The summed E-state index contributed by atoms with van der Waals surface area (Å²) in [5, 5.41) is 10.5. The van der Waals surface area contributed by atoms with Crippen LogP contribution in [0.1, 0.15) is 29.7 Å². The van der Waals surface area contributed by atoms with Crippen molar-refractivity contribution in [1.82, 2.24) is 15.8 Å². The molecule has 0 amide bonds. The molecule has 0 aliphatic carbocycles. The average molecular weight is 444 g/mol. The lowest BCUT2D eigenvalue weighted by molar-refractivity contribution is 0.392. The lowest BCUT2D eigenvalue weighted by Crippen LogP contribution is -2.39. The first-order valence-corrected chi connectivity index (χ1v) is 7.67. The first kappa shape index (κ1) is 20.3. The average Bonchev–Trinajstić information content (AvgIpc) is 3.13. The zero-order valence-corrected chi connectivity index (χ0v) is 16.7. The van der Waals surface area contributed by atoms with Gasteiger partial charge in [0, 0.05) is 25.1 Å². The second-order valence-electron chi connectivity index (χ2n) is 5.53. The second kappa shape index (κ2) is 10.2. The third-order valence-corrected chi connectivity index (χ3v) is 3.38. The van der Waals surface area contributed by atoms with E-state index in [1.807, 2.05) is 32.9 Å². The van der Waals surface area contributed by atoms with Gasteiger partial charge in [-0.1, -0.05) is 17.3 Å². The summed E-state index contributed by atoms with van der Waals surface area (Å²) in [6.45, 7) is 11.6. The molecule has 2 heterocycles. The summed E-state index contributed by atoms with van der Waals surface area (Å²) in [5.41, 5.74) is 2.94. The molecule has 0 radical (unpaired) electrons. The van der Waals surface area contributed by atoms with Gasteiger partial charge in [-0.3, -0.25) is 0 Å². The molecular formula is C17H25IN4O2. The van der Waals surface area contributed by atoms with Gasteiger partial charge in [-0.25, -0.2) is 4.99 Å². The number of aromatic nitrogens is 1. The maximum absolute atomic E-state index is 5.33. The summed E-state index contributed by atoms with van der Waals surface area (Å²) in [4.78, 5) is 4.60. The molecule has 0 atom stereocenters. The fraction of sp³-hybridized carbons (Fsp3) is 0.412. The number of aryl methyl sites for hydroxylation is 2. The molecule has 132 valence electrons. The lowest BCUT2D eigenvalue weighted by Gasteiger charge is -2.12. The van der Waals surface area contributed by atoms with Gasteiger partial charge < -0.3 is 19.6 Å². The van der Waals surface area contributed by atoms with Crippen LogP contribution in [0.4, 0.5) is 0 Å². The number of nitrogens with zero attached hydrogens (tertiary/aromatic N) is 2. The standard InChI is InChI=1S/C17H24N4O2.HI/c1-12(2)10-19-17(18-8-7-15-6-5-9-22-15)20-11-16-13(3)21-23-14(16)4;/h5-6,9H,1,7-8,10-11H2,2-4H3,(H2,18,19,20);1H. The molecule has 24 heavy (non-hydrogen) atoms. The number of halogens is 1. The smallest absolute Gasteiger partial charge is 0.191 e. The highest BCUT2D eigenvalue weighted by Crippen LogP contribution is 2.13. The summed E-state index contributed by atoms with van der Waals surface area (Å²) < 4.78 is 10.5. The third kappa shape index (κ3) is 6.38. The number of aliphatic imine (C=N–C) groups is 1. The summed E-state index contributed by atoms with van der Waals surface area (Å²) >= 11 is 0. The van der Waals surface area contributed by atoms with Crippen LogP contribution in [0.2, 0.25) is 0 Å². The Morgan fingerprint density at radius 3 is 2.71 bits per heavy atom. The van der Waals surface area contributed by atoms with Crippen molar-refractivity contribution < 1.29 is 8.94 Å². The highest BCUT2D eigenvalue weighted by Gasteiger charge is 2.08. The van der Waals surface area contributed by atoms with E-state index in [9.17, 15) is 0 Å². The topological polar surface area (TPSA) is 75.6 Å². The number of nitrogens with one attached hydrogen (secondary N) is 2. The molecule has 0 aromatic carbocycles. The van der Waals surface area contributed by atoms with Gasteiger partial charge >= 0.3 is 0 Å². The molecule has 0 unspecified atom stereocenters. The molecule has 0 spiro atoms. The number of hydrogen-bond acceptors (Lipinski definition) is 4. The summed E-state index contributed by atoms with van der Waals surface area (Å²) in [5.74, 6) is 2.49. The van der Waals surface area contributed by atoms with Gasteiger partial charge in [0.15, 0.2) is 5.96 Å². The van der Waals surface area contributed by atoms with Crippen molar-refractivity contribution in [2.24, 2.45) is 4.99 Å². The maximum Gasteiger partial charge on any atom is 0.191 e. The van der Waals surface area contributed by atoms with E-state index >= 15 is 0 Å². The highest BCUT2D eigenvalue weighted by atomic mass is 127. The van der Waals surface area contributed by atoms with Crippen LogP contribution in [0.15, 0.2) is 44.5 Å². The van der Waals surface area contributed by atoms with E-state index in [0.29, 0.717) is 13.1 Å². The zero-order valence-electron chi connectivity index (χ0n) is 14.4. The van der Waals surface area contributed by atoms with E-state index < -0.39 is 0 Å². The monoisotopic (exact) mass is 444 g/mol. The molecule has 0 saturated heterocycles. The molecule has 2 N–H and O–H groups in total. The molecule has 2 aromatic heterocycles. The van der Waals surface area contributed by atoms with Crippen LogP contribution in [0.5, 0.6) is 0 Å². The lowest BCUT2D eigenvalue weighted by atomic mass is 10.2. The van der Waals surface area contributed by atoms with Gasteiger partial charge in [0.1, 0.15) is 11.5 Å². The molecule has 0 bridgehead atoms. The Bertz CT molecular complexity index is 643. The van der Waals surface area contributed by atoms with Crippen molar-refractivity contribution >= 4 is 29.9 Å². The normalized spacial score (nSPS) is 11.0. The first-order chi connectivity index (χ1) is 11.1. The fourth-order valence-corrected chi connectivity index (χ4v) is 2.05. The molecule has 6 nitrogen and oxygen atoms in total. The van der Waals surface area contributed by atoms with Crippen LogP contribution in [0.3, 0.4) is 0 Å². The Morgan fingerprint density at radius 1 is 1.33 bits per heavy atom. The van der Waals surface area contributed by atoms with Crippen molar-refractivity contribution in [3.05, 3.63) is 53.3 Å². The molecule has 2 aromatic rings. The van der Waals surface area contributed by atoms with Crippen molar-refractivity contribution in [2.45, 2.75) is 33.7 Å². The van der Waals surface area contributed by atoms with E-state index in [-0.39, 0.29) is 24.0 Å². The number of guanidine groups is 1. The number of hydrogen-bond donors (Lipinski definition) is 2. The molecule has 7 heteroatoms. The molecular weight excluding hydrogens is 419 g/mol. The van der Waals surface area contributed by atoms with Gasteiger partial charge in [0.05, 0.1) is 18.5 Å². The Labute approximate surface area is 159 Å². The van der Waals surface area contributed by atoms with Gasteiger partial charge in [-0.05, 0) is 32.9 Å². The van der Waals surface area contributed by atoms with Gasteiger partial charge in [0.25, 0.3) is 0 Å². The minimum atomic E-state index is 0. The Morgan fingerprint density at radius 2 is 2.12 bits per heavy atom. The molecule has 0 aliphatic rings. The van der Waals surface area contributed by atoms with Gasteiger partial charge in [0.2, 0.25) is 0 Å². The van der Waals surface area contributed by atoms with E-state index in [1.165, 1.54) is 0 Å². The number of rotatable bonds is 7. The zero-order chi connectivity index (χ0) is 16.7. The van der Waals surface area contributed by atoms with Crippen molar-refractivity contribution in [3.63, 3.8) is 0 Å². The van der Waals surface area contributed by atoms with Crippen LogP contribution in [0.25, 0.3) is 0 Å². The van der Waals surface area contributed by atoms with Crippen LogP contribution < -0.4 is 10.6 Å². The van der Waals surface area contributed by atoms with Crippen LogP contribution in [0, 0.1) is 13.8 Å². The van der Waals surface area contributed by atoms with Crippen LogP contribution >= 0.6 is 24.0 Å². The summed E-state index contributed by atoms with van der Waals surface area (Å²) in [6, 6.07) is 3.85. The largest absolute Gasteiger partial charge is 0.469 e. The predicted molar refractivity (Wildman–Crippen MR) is 106 cm³/mol. The van der Waals surface area contributed by atoms with Crippen molar-refractivity contribution in [3.8, 4) is 0 Å². The number of furan rings is 1. The Hall–Kier alpha value is -1.77. The molecule has 0 fully saturated rings. The van der Waals surface area contributed by atoms with Gasteiger partial charge in [-0.15, -0.1) is 24.0 Å². The van der Waals surface area contributed by atoms with E-state index in [4.69, 9.17) is 8.94 Å². The molecule has 2 rings (SSSR count). The Balaban J connectivity index is 0.00000288. The van der Waals surface area contributed by atoms with E-state index in [2.05, 4.69) is 27.4 Å². The first-order valence-electron chi connectivity index (χ1n) is 7.67. The molecule has 0 saturated carbocycles. The summed E-state index contributed by atoms with van der Waals surface area (Å²) in [7, 11) is 0. The van der Waals surface area contributed by atoms with Crippen LogP contribution in [-0.2, 0) is 13.0 Å². The van der Waals surface area contributed by atoms with Crippen molar-refractivity contribution in [1.29, 1.82) is 0 Å². The quantitative estimate of drug-likeness (QED) is 0.297. The van der Waals surface area contributed by atoms with Crippen molar-refractivity contribution in [2.75, 3.05) is 13.1 Å². The highest BCUT2D eigenvalue weighted by molar-refractivity contribution is 14.0. The second-order valence-corrected chi connectivity index (χ2v) is 5.53. The predicted octanol–water partition coefficient (Wildman–Crippen LogP) is 3.36. The van der Waals surface area contributed by atoms with Crippen LogP contribution in [-0.4, -0.2) is 24.2 Å². The summed E-state index contributed by atoms with van der Waals surface area (Å²) in [6.07, 6.45) is 2.48. The van der Waals surface area contributed by atoms with Gasteiger partial charge in [-0.2, -0.15) is 0 Å². The fourth-order valence-electron chi connectivity index (χ4n) is 2.05. The third-order valence-electron chi connectivity index (χ3n) is 3.38. The maximum atomic E-state index is 5.33. The minimum absolute atomic E-state index is 0. The SMILES string of the molecule is C=C(C)CNC(=NCc1c(C)noc1C)NCCc1ccco1.I. The van der Waals surface area contributed by atoms with E-state index in [0.717, 1.165) is 47.3 Å².